The SMILES string of the molecule is CC(=O)Cc1ccccc1COCC(COCCC(COC(=O)c1ccccc1OC(C)=O)(COC(=O)c1ccccc1OC(C)=O)COC(=O)c1ccccc1OC(C)=O)(COCC(COC(=O)c1ccccc1OC(C)=O)(COC(=O)c1ccccc1OC(C)=O)COC(=O)c1ccccc1OC(C)=O)COC(=O)c1ccccc1OC(C)=O. The number of ether oxygens (including phenoxy) is 17. The summed E-state index contributed by atoms with van der Waals surface area (Å²) in [6.45, 7) is -1.06. The van der Waals surface area contributed by atoms with Gasteiger partial charge in [0.15, 0.2) is 0 Å². The second kappa shape index (κ2) is 45.0. The van der Waals surface area contributed by atoms with Gasteiger partial charge in [-0.3, -0.25) is 38.4 Å². The smallest absolute Gasteiger partial charge is 0.341 e. The molecule has 0 amide bonds. The number of ketones is 1. The summed E-state index contributed by atoms with van der Waals surface area (Å²) < 4.78 is 100. The van der Waals surface area contributed by atoms with Crippen molar-refractivity contribution in [3.8, 4) is 40.2 Å². The van der Waals surface area contributed by atoms with E-state index in [4.69, 9.17) is 80.5 Å². The third-order valence-corrected chi connectivity index (χ3v) is 17.3. The number of para-hydroxylation sites is 7. The fourth-order valence-electron chi connectivity index (χ4n) is 11.6. The van der Waals surface area contributed by atoms with Gasteiger partial charge >= 0.3 is 83.6 Å². The van der Waals surface area contributed by atoms with Crippen LogP contribution in [0.15, 0.2) is 194 Å². The molecule has 0 aliphatic carbocycles. The molecule has 0 fully saturated rings. The Bertz CT molecular complexity index is 4750. The fourth-order valence-corrected chi connectivity index (χ4v) is 11.6. The summed E-state index contributed by atoms with van der Waals surface area (Å²) in [6.07, 6.45) is -0.543. The molecule has 8 rings (SSSR count). The molecular formula is C89H86O32. The minimum Gasteiger partial charge on any atom is -0.461 e. The zero-order chi connectivity index (χ0) is 87.7. The summed E-state index contributed by atoms with van der Waals surface area (Å²) in [6, 6.07) is 45.1. The molecule has 0 saturated carbocycles. The number of hydrogen-bond donors (Lipinski definition) is 0. The quantitative estimate of drug-likeness (QED) is 0.0148. The largest absolute Gasteiger partial charge is 0.461 e. The Morgan fingerprint density at radius 3 is 0.661 bits per heavy atom. The number of rotatable bonds is 43. The van der Waals surface area contributed by atoms with E-state index in [1.807, 2.05) is 0 Å². The van der Waals surface area contributed by atoms with Gasteiger partial charge < -0.3 is 80.5 Å². The van der Waals surface area contributed by atoms with Crippen molar-refractivity contribution >= 4 is 89.4 Å². The molecule has 0 radical (unpaired) electrons. The van der Waals surface area contributed by atoms with Crippen molar-refractivity contribution in [2.75, 3.05) is 79.3 Å². The highest BCUT2D eigenvalue weighted by Crippen LogP contribution is 2.35. The third kappa shape index (κ3) is 28.6. The molecule has 0 saturated heterocycles. The Labute approximate surface area is 693 Å². The Balaban J connectivity index is 1.29. The number of carbonyl (C=O) groups is 15. The van der Waals surface area contributed by atoms with Gasteiger partial charge in [0, 0.05) is 61.5 Å². The van der Waals surface area contributed by atoms with Crippen molar-refractivity contribution < 1.29 is 152 Å². The lowest BCUT2D eigenvalue weighted by Gasteiger charge is -2.36. The zero-order valence-corrected chi connectivity index (χ0v) is 67.1. The van der Waals surface area contributed by atoms with Gasteiger partial charge in [-0.15, -0.1) is 0 Å². The van der Waals surface area contributed by atoms with Crippen LogP contribution in [0.3, 0.4) is 0 Å². The maximum Gasteiger partial charge on any atom is 0.341 e. The van der Waals surface area contributed by atoms with E-state index in [1.54, 1.807) is 24.3 Å². The first-order chi connectivity index (χ1) is 57.9. The molecule has 8 aromatic rings. The van der Waals surface area contributed by atoms with Crippen LogP contribution in [0, 0.1) is 16.2 Å². The monoisotopic (exact) mass is 1670 g/mol. The van der Waals surface area contributed by atoms with Crippen LogP contribution < -0.4 is 33.2 Å². The number of esters is 14. The van der Waals surface area contributed by atoms with Crippen LogP contribution >= 0.6 is 0 Å². The highest BCUT2D eigenvalue weighted by atomic mass is 16.6. The van der Waals surface area contributed by atoms with Crippen molar-refractivity contribution in [2.45, 2.75) is 74.8 Å². The Kier molecular flexibility index (Phi) is 34.4. The maximum absolute atomic E-state index is 14.8. The van der Waals surface area contributed by atoms with Crippen molar-refractivity contribution in [3.05, 3.63) is 244 Å². The Hall–Kier alpha value is -14.1. The van der Waals surface area contributed by atoms with Crippen LogP contribution in [-0.4, -0.2) is 169 Å². The lowest BCUT2D eigenvalue weighted by atomic mass is 9.87. The first-order valence-electron chi connectivity index (χ1n) is 37.3. The normalized spacial score (nSPS) is 11.5. The van der Waals surface area contributed by atoms with Gasteiger partial charge in [-0.1, -0.05) is 109 Å². The van der Waals surface area contributed by atoms with Gasteiger partial charge in [0.25, 0.3) is 0 Å². The van der Waals surface area contributed by atoms with Gasteiger partial charge in [0.1, 0.15) is 131 Å². The van der Waals surface area contributed by atoms with E-state index in [-0.39, 0.29) is 98.0 Å². The third-order valence-electron chi connectivity index (χ3n) is 17.3. The number of Topliss-reactive ketones (excluding diaryl/α,β-unsaturated/α-hetero) is 1. The molecule has 0 heterocycles. The summed E-state index contributed by atoms with van der Waals surface area (Å²) >= 11 is 0. The molecule has 0 aliphatic heterocycles. The molecule has 32 nitrogen and oxygen atoms in total. The average Bonchev–Trinajstić information content (AvgIpc) is 0.819. The van der Waals surface area contributed by atoms with Crippen LogP contribution in [0.2, 0.25) is 0 Å². The van der Waals surface area contributed by atoms with E-state index in [1.165, 1.54) is 177 Å². The highest BCUT2D eigenvalue weighted by Gasteiger charge is 2.43. The van der Waals surface area contributed by atoms with Crippen molar-refractivity contribution in [1.82, 2.24) is 0 Å². The van der Waals surface area contributed by atoms with E-state index >= 15 is 0 Å². The molecule has 0 N–H and O–H groups in total. The molecular weight excluding hydrogens is 1580 g/mol. The minimum atomic E-state index is -2.16. The van der Waals surface area contributed by atoms with Crippen LogP contribution in [0.1, 0.15) is 145 Å². The topological polar surface area (TPSA) is 413 Å². The van der Waals surface area contributed by atoms with E-state index in [2.05, 4.69) is 0 Å². The Morgan fingerprint density at radius 2 is 0.421 bits per heavy atom. The van der Waals surface area contributed by atoms with Gasteiger partial charge in [-0.25, -0.2) is 33.6 Å². The molecule has 8 aromatic carbocycles. The summed E-state index contributed by atoms with van der Waals surface area (Å²) in [4.78, 5) is 202. The summed E-state index contributed by atoms with van der Waals surface area (Å²) in [5.41, 5.74) is -7.08. The van der Waals surface area contributed by atoms with Crippen LogP contribution in [0.4, 0.5) is 0 Å². The van der Waals surface area contributed by atoms with Gasteiger partial charge in [0.2, 0.25) is 0 Å². The molecule has 1 unspecified atom stereocenters. The molecule has 32 heteroatoms. The molecule has 0 spiro atoms. The van der Waals surface area contributed by atoms with Crippen molar-refractivity contribution in [3.63, 3.8) is 0 Å². The van der Waals surface area contributed by atoms with E-state index < -0.39 is 186 Å². The number of carbonyl (C=O) groups excluding carboxylic acids is 15. The van der Waals surface area contributed by atoms with Gasteiger partial charge in [-0.05, 0) is 109 Å². The van der Waals surface area contributed by atoms with E-state index in [9.17, 15) is 71.9 Å². The summed E-state index contributed by atoms with van der Waals surface area (Å²) in [5.74, 6) is -15.7. The molecule has 0 aromatic heterocycles. The summed E-state index contributed by atoms with van der Waals surface area (Å²) in [5, 5.41) is 0. The predicted octanol–water partition coefficient (Wildman–Crippen LogP) is 11.2. The minimum absolute atomic E-state index is 0.0458. The maximum atomic E-state index is 14.8. The standard InChI is InChI=1S/C89H86O32/c1-56(90)43-64-25-9-10-26-65(64)44-106-46-88(52-111-83(101)69-30-14-21-37-76(69)118-60(5)94,47-107-48-89(53-112-84(102)70-31-15-22-38-77(70)119-61(6)95,54-113-85(103)71-32-16-23-39-78(71)120-62(7)96)55-114-86(104)72-33-17-24-40-79(72)121-63(8)97)45-105-42-41-87(49-108-80(98)66-27-11-18-34-73(66)115-57(2)91,50-109-81(99)67-28-12-19-35-74(67)116-58(3)92)51-110-82(100)68-29-13-20-36-75(68)117-59(4)93/h9-40H,41-55H2,1-8H3. The second-order valence-electron chi connectivity index (χ2n) is 27.6. The van der Waals surface area contributed by atoms with Crippen LogP contribution in [0.25, 0.3) is 0 Å². The van der Waals surface area contributed by atoms with Crippen LogP contribution in [0.5, 0.6) is 40.2 Å². The first kappa shape index (κ1) is 92.4. The Morgan fingerprint density at radius 1 is 0.223 bits per heavy atom. The number of benzene rings is 8. The summed E-state index contributed by atoms with van der Waals surface area (Å²) in [7, 11) is 0. The molecule has 634 valence electrons. The van der Waals surface area contributed by atoms with Gasteiger partial charge in [-0.2, -0.15) is 0 Å². The van der Waals surface area contributed by atoms with E-state index in [0.717, 1.165) is 48.5 Å². The fraction of sp³-hybridized carbons (Fsp3) is 0.292. The lowest BCUT2D eigenvalue weighted by Crippen LogP contribution is -2.47. The molecule has 0 bridgehead atoms. The molecule has 121 heavy (non-hydrogen) atoms. The van der Waals surface area contributed by atoms with Crippen LogP contribution in [-0.2, 0) is 98.8 Å². The predicted molar refractivity (Wildman–Crippen MR) is 420 cm³/mol. The molecule has 1 atom stereocenters. The van der Waals surface area contributed by atoms with E-state index in [0.29, 0.717) is 11.1 Å². The highest BCUT2D eigenvalue weighted by molar-refractivity contribution is 5.98. The second-order valence-corrected chi connectivity index (χ2v) is 27.6. The number of hydrogen-bond acceptors (Lipinski definition) is 32. The van der Waals surface area contributed by atoms with Gasteiger partial charge in [0.05, 0.1) is 49.3 Å². The average molecular weight is 1670 g/mol. The van der Waals surface area contributed by atoms with Crippen molar-refractivity contribution in [2.24, 2.45) is 16.2 Å². The zero-order valence-electron chi connectivity index (χ0n) is 67.1. The first-order valence-corrected chi connectivity index (χ1v) is 37.3. The molecule has 0 aliphatic rings. The lowest BCUT2D eigenvalue weighted by molar-refractivity contribution is -0.133. The van der Waals surface area contributed by atoms with Crippen molar-refractivity contribution in [1.29, 1.82) is 0 Å².